The number of amides is 1. The molecule has 0 spiro atoms. The number of aliphatic carboxylic acids is 1. The Bertz CT molecular complexity index is 1300. The van der Waals surface area contributed by atoms with Crippen LogP contribution in [0.2, 0.25) is 0 Å². The summed E-state index contributed by atoms with van der Waals surface area (Å²) in [7, 11) is 0. The molecule has 0 saturated heterocycles. The largest absolute Gasteiger partial charge is 0.493 e. The Morgan fingerprint density at radius 3 is 2.08 bits per heavy atom. The molecule has 0 unspecified atom stereocenters. The van der Waals surface area contributed by atoms with E-state index in [4.69, 9.17) is 9.84 Å². The van der Waals surface area contributed by atoms with Gasteiger partial charge in [-0.2, -0.15) is 0 Å². The van der Waals surface area contributed by atoms with Gasteiger partial charge in [-0.25, -0.2) is 0 Å². The van der Waals surface area contributed by atoms with E-state index in [-0.39, 0.29) is 25.0 Å². The number of hydrogen-bond acceptors (Lipinski definition) is 4. The molecule has 6 heteroatoms. The quantitative estimate of drug-likeness (QED) is 0.202. The SMILES string of the molecule is Cc1cc(NC(c2ccccc2)c2ccccc2)ccc1NC(=O)c1ccccc1OCCCC(=O)O. The van der Waals surface area contributed by atoms with E-state index >= 15 is 0 Å². The molecule has 1 amide bonds. The van der Waals surface area contributed by atoms with Gasteiger partial charge in [0.05, 0.1) is 18.2 Å². The Labute approximate surface area is 216 Å². The Balaban J connectivity index is 1.48. The maximum Gasteiger partial charge on any atom is 0.303 e. The topological polar surface area (TPSA) is 87.7 Å². The second-order valence-corrected chi connectivity index (χ2v) is 8.72. The van der Waals surface area contributed by atoms with Crippen LogP contribution in [0.25, 0.3) is 0 Å². The Morgan fingerprint density at radius 1 is 0.838 bits per heavy atom. The predicted molar refractivity (Wildman–Crippen MR) is 146 cm³/mol. The minimum Gasteiger partial charge on any atom is -0.493 e. The van der Waals surface area contributed by atoms with Crippen molar-refractivity contribution in [2.24, 2.45) is 0 Å². The molecule has 4 rings (SSSR count). The van der Waals surface area contributed by atoms with Gasteiger partial charge in [0.15, 0.2) is 0 Å². The van der Waals surface area contributed by atoms with Crippen LogP contribution in [0.4, 0.5) is 11.4 Å². The number of anilines is 2. The van der Waals surface area contributed by atoms with Gasteiger partial charge >= 0.3 is 5.97 Å². The fourth-order valence-corrected chi connectivity index (χ4v) is 4.09. The smallest absolute Gasteiger partial charge is 0.303 e. The normalized spacial score (nSPS) is 10.6. The molecule has 0 aliphatic heterocycles. The third-order valence-electron chi connectivity index (χ3n) is 5.98. The summed E-state index contributed by atoms with van der Waals surface area (Å²) < 4.78 is 5.69. The van der Waals surface area contributed by atoms with Gasteiger partial charge in [-0.05, 0) is 60.4 Å². The lowest BCUT2D eigenvalue weighted by Crippen LogP contribution is -2.15. The minimum absolute atomic E-state index is 0.0172. The Kier molecular flexibility index (Phi) is 8.55. The van der Waals surface area contributed by atoms with Gasteiger partial charge in [0.1, 0.15) is 5.75 Å². The number of hydrogen-bond donors (Lipinski definition) is 3. The number of carboxylic acids is 1. The van der Waals surface area contributed by atoms with Crippen LogP contribution < -0.4 is 15.4 Å². The summed E-state index contributed by atoms with van der Waals surface area (Å²) in [5, 5.41) is 15.4. The summed E-state index contributed by atoms with van der Waals surface area (Å²) in [5.74, 6) is -0.735. The fourth-order valence-electron chi connectivity index (χ4n) is 4.09. The first-order valence-electron chi connectivity index (χ1n) is 12.2. The number of carbonyl (C=O) groups excluding carboxylic acids is 1. The van der Waals surface area contributed by atoms with Crippen molar-refractivity contribution in [1.82, 2.24) is 0 Å². The molecule has 4 aromatic carbocycles. The molecule has 0 radical (unpaired) electrons. The van der Waals surface area contributed by atoms with Crippen molar-refractivity contribution in [3.8, 4) is 5.75 Å². The number of ether oxygens (including phenoxy) is 1. The molecular weight excluding hydrogens is 464 g/mol. The Hall–Kier alpha value is -4.58. The van der Waals surface area contributed by atoms with Crippen molar-refractivity contribution in [1.29, 1.82) is 0 Å². The zero-order valence-corrected chi connectivity index (χ0v) is 20.7. The van der Waals surface area contributed by atoms with E-state index in [0.29, 0.717) is 23.4 Å². The van der Waals surface area contributed by atoms with E-state index in [0.717, 1.165) is 22.4 Å². The van der Waals surface area contributed by atoms with E-state index in [1.165, 1.54) is 0 Å². The summed E-state index contributed by atoms with van der Waals surface area (Å²) in [4.78, 5) is 23.8. The van der Waals surface area contributed by atoms with Crippen molar-refractivity contribution in [3.63, 3.8) is 0 Å². The van der Waals surface area contributed by atoms with Crippen LogP contribution in [0.5, 0.6) is 5.75 Å². The van der Waals surface area contributed by atoms with Gasteiger partial charge in [0.2, 0.25) is 0 Å². The third kappa shape index (κ3) is 6.98. The second-order valence-electron chi connectivity index (χ2n) is 8.72. The van der Waals surface area contributed by atoms with Crippen molar-refractivity contribution in [3.05, 3.63) is 125 Å². The molecule has 4 aromatic rings. The van der Waals surface area contributed by atoms with E-state index in [1.54, 1.807) is 24.3 Å². The van der Waals surface area contributed by atoms with Crippen LogP contribution in [0.3, 0.4) is 0 Å². The fraction of sp³-hybridized carbons (Fsp3) is 0.161. The highest BCUT2D eigenvalue weighted by Crippen LogP contribution is 2.29. The first-order chi connectivity index (χ1) is 18.0. The summed E-state index contributed by atoms with van der Waals surface area (Å²) in [5.41, 5.74) is 5.26. The van der Waals surface area contributed by atoms with Crippen LogP contribution in [0.1, 0.15) is 45.9 Å². The predicted octanol–water partition coefficient (Wildman–Crippen LogP) is 6.69. The summed E-state index contributed by atoms with van der Waals surface area (Å²) in [6.45, 7) is 2.18. The van der Waals surface area contributed by atoms with Crippen molar-refractivity contribution >= 4 is 23.3 Å². The molecule has 3 N–H and O–H groups in total. The second kappa shape index (κ2) is 12.4. The summed E-state index contributed by atoms with van der Waals surface area (Å²) in [6.07, 6.45) is 0.384. The van der Waals surface area contributed by atoms with Gasteiger partial charge in [-0.3, -0.25) is 9.59 Å². The number of nitrogens with one attached hydrogen (secondary N) is 2. The number of para-hydroxylation sites is 1. The van der Waals surface area contributed by atoms with Crippen molar-refractivity contribution in [2.45, 2.75) is 25.8 Å². The molecule has 0 aromatic heterocycles. The van der Waals surface area contributed by atoms with Crippen LogP contribution in [-0.2, 0) is 4.79 Å². The van der Waals surface area contributed by atoms with Crippen LogP contribution in [0, 0.1) is 6.92 Å². The van der Waals surface area contributed by atoms with Gasteiger partial charge in [-0.15, -0.1) is 0 Å². The maximum atomic E-state index is 13.1. The molecule has 6 nitrogen and oxygen atoms in total. The molecular formula is C31H30N2O4. The lowest BCUT2D eigenvalue weighted by Gasteiger charge is -2.22. The molecule has 0 heterocycles. The van der Waals surface area contributed by atoms with Crippen LogP contribution in [-0.4, -0.2) is 23.6 Å². The van der Waals surface area contributed by atoms with E-state index in [1.807, 2.05) is 61.5 Å². The molecule has 0 bridgehead atoms. The molecule has 188 valence electrons. The van der Waals surface area contributed by atoms with Crippen molar-refractivity contribution < 1.29 is 19.4 Å². The highest BCUT2D eigenvalue weighted by atomic mass is 16.5. The highest BCUT2D eigenvalue weighted by Gasteiger charge is 2.16. The van der Waals surface area contributed by atoms with Crippen LogP contribution in [0.15, 0.2) is 103 Å². The number of rotatable bonds is 11. The molecule has 0 saturated carbocycles. The molecule has 0 fully saturated rings. The number of carbonyl (C=O) groups is 2. The first kappa shape index (κ1) is 25.5. The molecule has 0 atom stereocenters. The van der Waals surface area contributed by atoms with E-state index < -0.39 is 5.97 Å². The van der Waals surface area contributed by atoms with Crippen molar-refractivity contribution in [2.75, 3.05) is 17.2 Å². The monoisotopic (exact) mass is 494 g/mol. The zero-order valence-electron chi connectivity index (χ0n) is 20.7. The number of aryl methyl sites for hydroxylation is 1. The maximum absolute atomic E-state index is 13.1. The average Bonchev–Trinajstić information content (AvgIpc) is 2.92. The highest BCUT2D eigenvalue weighted by molar-refractivity contribution is 6.06. The zero-order chi connectivity index (χ0) is 26.0. The van der Waals surface area contributed by atoms with E-state index in [9.17, 15) is 9.59 Å². The Morgan fingerprint density at radius 2 is 1.46 bits per heavy atom. The van der Waals surface area contributed by atoms with Gasteiger partial charge in [0.25, 0.3) is 5.91 Å². The molecule has 0 aliphatic rings. The molecule has 0 aliphatic carbocycles. The summed E-state index contributed by atoms with van der Waals surface area (Å²) >= 11 is 0. The standard InChI is InChI=1S/C31H30N2O4/c1-22-21-25(32-30(23-11-4-2-5-12-23)24-13-6-3-7-14-24)18-19-27(22)33-31(36)26-15-8-9-16-28(26)37-20-10-17-29(34)35/h2-9,11-16,18-19,21,30,32H,10,17,20H2,1H3,(H,33,36)(H,34,35). The van der Waals surface area contributed by atoms with Gasteiger partial charge < -0.3 is 20.5 Å². The average molecular weight is 495 g/mol. The van der Waals surface area contributed by atoms with Gasteiger partial charge in [-0.1, -0.05) is 72.8 Å². The lowest BCUT2D eigenvalue weighted by atomic mass is 9.98. The third-order valence-corrected chi connectivity index (χ3v) is 5.98. The van der Waals surface area contributed by atoms with Gasteiger partial charge in [0, 0.05) is 17.8 Å². The number of carboxylic acid groups (broad SMARTS) is 1. The first-order valence-corrected chi connectivity index (χ1v) is 12.2. The van der Waals surface area contributed by atoms with Crippen LogP contribution >= 0.6 is 0 Å². The summed E-state index contributed by atoms with van der Waals surface area (Å²) in [6, 6.07) is 33.4. The number of benzene rings is 4. The molecule has 37 heavy (non-hydrogen) atoms. The lowest BCUT2D eigenvalue weighted by molar-refractivity contribution is -0.137. The minimum atomic E-state index is -0.873. The van der Waals surface area contributed by atoms with E-state index in [2.05, 4.69) is 34.9 Å².